The predicted octanol–water partition coefficient (Wildman–Crippen LogP) is 2.55. The molecule has 0 fully saturated rings. The van der Waals surface area contributed by atoms with Crippen molar-refractivity contribution in [3.63, 3.8) is 0 Å². The first-order chi connectivity index (χ1) is 12.9. The number of hydrogen-bond acceptors (Lipinski definition) is 7. The first-order valence-electron chi connectivity index (χ1n) is 7.49. The molecule has 27 heavy (non-hydrogen) atoms. The second-order valence-corrected chi connectivity index (χ2v) is 5.09. The van der Waals surface area contributed by atoms with E-state index in [1.54, 1.807) is 12.1 Å². The van der Waals surface area contributed by atoms with Gasteiger partial charge in [0.05, 0.1) is 19.1 Å². The van der Waals surface area contributed by atoms with Crippen molar-refractivity contribution in [1.29, 1.82) is 0 Å². The molecule has 0 heterocycles. The molecular weight excluding hydrogens is 363 g/mol. The van der Waals surface area contributed by atoms with Crippen LogP contribution in [-0.2, 0) is 9.53 Å². The number of anilines is 1. The maximum absolute atomic E-state index is 13.3. The lowest BCUT2D eigenvalue weighted by molar-refractivity contribution is -0.387. The van der Waals surface area contributed by atoms with E-state index < -0.39 is 34.9 Å². The SMILES string of the molecule is COc1cccc(C(=O)OCC(=O)Nc2ccc(F)c([N+](=O)[O-])c2)c1OC. The number of ether oxygens (including phenoxy) is 3. The standard InChI is InChI=1S/C17H15FN2O7/c1-25-14-5-3-4-11(16(14)26-2)17(22)27-9-15(21)19-10-6-7-12(18)13(8-10)20(23)24/h3-8H,9H2,1-2H3,(H,19,21). The van der Waals surface area contributed by atoms with Crippen molar-refractivity contribution in [3.05, 3.63) is 57.9 Å². The molecule has 0 aliphatic rings. The molecule has 0 radical (unpaired) electrons. The molecule has 142 valence electrons. The van der Waals surface area contributed by atoms with Crippen LogP contribution < -0.4 is 14.8 Å². The van der Waals surface area contributed by atoms with Gasteiger partial charge in [-0.05, 0) is 24.3 Å². The zero-order chi connectivity index (χ0) is 20.0. The fourth-order valence-corrected chi connectivity index (χ4v) is 2.18. The van der Waals surface area contributed by atoms with E-state index in [4.69, 9.17) is 14.2 Å². The average molecular weight is 378 g/mol. The molecule has 10 heteroatoms. The molecule has 0 aromatic heterocycles. The number of esters is 1. The van der Waals surface area contributed by atoms with E-state index in [1.165, 1.54) is 20.3 Å². The van der Waals surface area contributed by atoms with Gasteiger partial charge in [0.2, 0.25) is 5.82 Å². The normalized spacial score (nSPS) is 10.0. The summed E-state index contributed by atoms with van der Waals surface area (Å²) in [6, 6.07) is 7.43. The smallest absolute Gasteiger partial charge is 0.342 e. The quantitative estimate of drug-likeness (QED) is 0.447. The Morgan fingerprint density at radius 3 is 2.56 bits per heavy atom. The number of nitro benzene ring substituents is 1. The molecule has 0 spiro atoms. The number of nitrogens with zero attached hydrogens (tertiary/aromatic N) is 1. The lowest BCUT2D eigenvalue weighted by atomic mass is 10.2. The first-order valence-corrected chi connectivity index (χ1v) is 7.49. The van der Waals surface area contributed by atoms with Crippen molar-refractivity contribution >= 4 is 23.3 Å². The Morgan fingerprint density at radius 1 is 1.19 bits per heavy atom. The Morgan fingerprint density at radius 2 is 1.93 bits per heavy atom. The van der Waals surface area contributed by atoms with Gasteiger partial charge in [-0.1, -0.05) is 6.07 Å². The summed E-state index contributed by atoms with van der Waals surface area (Å²) in [4.78, 5) is 33.8. The van der Waals surface area contributed by atoms with E-state index in [0.29, 0.717) is 5.75 Å². The van der Waals surface area contributed by atoms with Gasteiger partial charge < -0.3 is 19.5 Å². The van der Waals surface area contributed by atoms with Gasteiger partial charge in [-0.3, -0.25) is 14.9 Å². The first kappa shape index (κ1) is 19.6. The number of amides is 1. The van der Waals surface area contributed by atoms with Crippen LogP contribution in [-0.4, -0.2) is 37.6 Å². The van der Waals surface area contributed by atoms with Crippen molar-refractivity contribution in [2.24, 2.45) is 0 Å². The zero-order valence-electron chi connectivity index (χ0n) is 14.4. The van der Waals surface area contributed by atoms with Crippen LogP contribution in [0.5, 0.6) is 11.5 Å². The summed E-state index contributed by atoms with van der Waals surface area (Å²) >= 11 is 0. The Balaban J connectivity index is 2.03. The molecule has 0 unspecified atom stereocenters. The number of carbonyl (C=O) groups is 2. The summed E-state index contributed by atoms with van der Waals surface area (Å²) in [5.74, 6) is -2.15. The monoisotopic (exact) mass is 378 g/mol. The molecular formula is C17H15FN2O7. The number of methoxy groups -OCH3 is 2. The largest absolute Gasteiger partial charge is 0.493 e. The maximum atomic E-state index is 13.3. The minimum atomic E-state index is -1.03. The topological polar surface area (TPSA) is 117 Å². The summed E-state index contributed by atoms with van der Waals surface area (Å²) < 4.78 is 28.4. The summed E-state index contributed by atoms with van der Waals surface area (Å²) in [6.07, 6.45) is 0. The van der Waals surface area contributed by atoms with E-state index in [0.717, 1.165) is 18.2 Å². The Bertz CT molecular complexity index is 886. The lowest BCUT2D eigenvalue weighted by Crippen LogP contribution is -2.21. The summed E-state index contributed by atoms with van der Waals surface area (Å²) in [6.45, 7) is -0.662. The molecule has 0 atom stereocenters. The van der Waals surface area contributed by atoms with Gasteiger partial charge in [0, 0.05) is 11.8 Å². The van der Waals surface area contributed by atoms with Gasteiger partial charge in [-0.25, -0.2) is 4.79 Å². The van der Waals surface area contributed by atoms with Gasteiger partial charge in [0.15, 0.2) is 18.1 Å². The van der Waals surface area contributed by atoms with E-state index in [9.17, 15) is 24.1 Å². The third-order valence-corrected chi connectivity index (χ3v) is 3.38. The van der Waals surface area contributed by atoms with E-state index in [-0.39, 0.29) is 17.0 Å². The fraction of sp³-hybridized carbons (Fsp3) is 0.176. The molecule has 2 rings (SSSR count). The van der Waals surface area contributed by atoms with Crippen LogP contribution in [0.1, 0.15) is 10.4 Å². The van der Waals surface area contributed by atoms with E-state index in [2.05, 4.69) is 5.32 Å². The van der Waals surface area contributed by atoms with Crippen molar-refractivity contribution in [3.8, 4) is 11.5 Å². The third-order valence-electron chi connectivity index (χ3n) is 3.38. The highest BCUT2D eigenvalue weighted by Gasteiger charge is 2.19. The molecule has 0 saturated heterocycles. The van der Waals surface area contributed by atoms with Crippen LogP contribution in [0.4, 0.5) is 15.8 Å². The molecule has 0 aliphatic carbocycles. The Hall–Kier alpha value is -3.69. The van der Waals surface area contributed by atoms with Gasteiger partial charge in [-0.2, -0.15) is 4.39 Å². The molecule has 1 N–H and O–H groups in total. The number of hydrogen-bond donors (Lipinski definition) is 1. The van der Waals surface area contributed by atoms with Crippen molar-refractivity contribution in [2.75, 3.05) is 26.1 Å². The van der Waals surface area contributed by atoms with Crippen LogP contribution >= 0.6 is 0 Å². The molecule has 2 aromatic rings. The number of nitrogens with one attached hydrogen (secondary N) is 1. The number of para-hydroxylation sites is 1. The highest BCUT2D eigenvalue weighted by atomic mass is 19.1. The summed E-state index contributed by atoms with van der Waals surface area (Å²) in [7, 11) is 2.76. The molecule has 1 amide bonds. The second kappa shape index (κ2) is 8.61. The van der Waals surface area contributed by atoms with Crippen LogP contribution in [0.3, 0.4) is 0 Å². The second-order valence-electron chi connectivity index (χ2n) is 5.09. The number of halogens is 1. The fourth-order valence-electron chi connectivity index (χ4n) is 2.18. The van der Waals surface area contributed by atoms with Crippen molar-refractivity contribution in [1.82, 2.24) is 0 Å². The van der Waals surface area contributed by atoms with Gasteiger partial charge >= 0.3 is 11.7 Å². The predicted molar refractivity (Wildman–Crippen MR) is 91.5 cm³/mol. The highest BCUT2D eigenvalue weighted by Crippen LogP contribution is 2.31. The molecule has 0 aliphatic heterocycles. The van der Waals surface area contributed by atoms with Crippen LogP contribution in [0, 0.1) is 15.9 Å². The average Bonchev–Trinajstić information content (AvgIpc) is 2.66. The van der Waals surface area contributed by atoms with Crippen molar-refractivity contribution in [2.45, 2.75) is 0 Å². The van der Waals surface area contributed by atoms with Crippen LogP contribution in [0.2, 0.25) is 0 Å². The summed E-state index contributed by atoms with van der Waals surface area (Å²) in [5.41, 5.74) is -0.740. The molecule has 0 saturated carbocycles. The third kappa shape index (κ3) is 4.69. The van der Waals surface area contributed by atoms with Crippen LogP contribution in [0.25, 0.3) is 0 Å². The van der Waals surface area contributed by atoms with Crippen molar-refractivity contribution < 1.29 is 33.1 Å². The van der Waals surface area contributed by atoms with Gasteiger partial charge in [0.25, 0.3) is 5.91 Å². The highest BCUT2D eigenvalue weighted by molar-refractivity contribution is 5.97. The minimum absolute atomic E-state index is 0.0110. The van der Waals surface area contributed by atoms with E-state index >= 15 is 0 Å². The van der Waals surface area contributed by atoms with E-state index in [1.807, 2.05) is 0 Å². The number of nitro groups is 1. The molecule has 9 nitrogen and oxygen atoms in total. The van der Waals surface area contributed by atoms with Crippen LogP contribution in [0.15, 0.2) is 36.4 Å². The zero-order valence-corrected chi connectivity index (χ0v) is 14.4. The number of carbonyl (C=O) groups excluding carboxylic acids is 2. The lowest BCUT2D eigenvalue weighted by Gasteiger charge is -2.12. The number of rotatable bonds is 7. The van der Waals surface area contributed by atoms with Gasteiger partial charge in [0.1, 0.15) is 5.56 Å². The van der Waals surface area contributed by atoms with Gasteiger partial charge in [-0.15, -0.1) is 0 Å². The summed E-state index contributed by atoms with van der Waals surface area (Å²) in [5, 5.41) is 13.0. The number of benzene rings is 2. The molecule has 2 aromatic carbocycles. The molecule has 0 bridgehead atoms. The Kier molecular flexibility index (Phi) is 6.26. The minimum Gasteiger partial charge on any atom is -0.493 e. The Labute approximate surface area is 152 Å². The maximum Gasteiger partial charge on any atom is 0.342 e.